The molecule has 4 nitrogen and oxygen atoms in total. The molecular weight excluding hydrogens is 230 g/mol. The van der Waals surface area contributed by atoms with Gasteiger partial charge >= 0.3 is 5.63 Å². The number of hydrogen-bond donors (Lipinski definition) is 0. The van der Waals surface area contributed by atoms with E-state index in [2.05, 4.69) is 0 Å². The number of para-hydroxylation sites is 1. The molecule has 0 unspecified atom stereocenters. The molecule has 3 aromatic rings. The Hall–Kier alpha value is -2.62. The molecule has 3 rings (SSSR count). The minimum Gasteiger partial charge on any atom is -0.327 e. The van der Waals surface area contributed by atoms with E-state index >= 15 is 0 Å². The van der Waals surface area contributed by atoms with Crippen LogP contribution in [0.4, 0.5) is 0 Å². The Labute approximate surface area is 102 Å². The molecule has 0 spiro atoms. The van der Waals surface area contributed by atoms with Crippen molar-refractivity contribution in [1.82, 2.24) is 4.74 Å². The van der Waals surface area contributed by atoms with E-state index < -0.39 is 5.63 Å². The fourth-order valence-corrected chi connectivity index (χ4v) is 1.85. The molecule has 0 N–H and O–H groups in total. The van der Waals surface area contributed by atoms with Crippen molar-refractivity contribution in [2.45, 2.75) is 0 Å². The Bertz CT molecular complexity index is 768. The second-order valence-electron chi connectivity index (χ2n) is 3.86. The predicted molar refractivity (Wildman–Crippen MR) is 66.6 cm³/mol. The van der Waals surface area contributed by atoms with Crippen molar-refractivity contribution < 1.29 is 9.32 Å². The minimum absolute atomic E-state index is 0.353. The van der Waals surface area contributed by atoms with Crippen LogP contribution in [0.3, 0.4) is 0 Å². The summed E-state index contributed by atoms with van der Waals surface area (Å²) in [6, 6.07) is 15.5. The molecule has 0 saturated carbocycles. The minimum atomic E-state index is -0.505. The Morgan fingerprint density at radius 1 is 0.944 bits per heavy atom. The molecule has 0 radical (unpaired) electrons. The van der Waals surface area contributed by atoms with E-state index in [9.17, 15) is 9.59 Å². The van der Waals surface area contributed by atoms with Gasteiger partial charge in [-0.15, -0.1) is 4.74 Å². The molecular formula is C14H9NO3. The van der Waals surface area contributed by atoms with Gasteiger partial charge in [-0.1, -0.05) is 30.3 Å². The number of aromatic nitrogens is 1. The number of carbonyl (C=O) groups is 1. The average molecular weight is 239 g/mol. The number of fused-ring (bicyclic) bond motifs is 1. The fourth-order valence-electron chi connectivity index (χ4n) is 1.85. The van der Waals surface area contributed by atoms with Gasteiger partial charge < -0.3 is 4.52 Å². The van der Waals surface area contributed by atoms with Crippen LogP contribution in [0.15, 0.2) is 63.9 Å². The maximum atomic E-state index is 12.2. The molecule has 18 heavy (non-hydrogen) atoms. The van der Waals surface area contributed by atoms with Crippen molar-refractivity contribution >= 4 is 16.8 Å². The summed E-state index contributed by atoms with van der Waals surface area (Å²) in [7, 11) is 0. The van der Waals surface area contributed by atoms with Crippen molar-refractivity contribution in [2.24, 2.45) is 0 Å². The van der Waals surface area contributed by atoms with Crippen molar-refractivity contribution in [2.75, 3.05) is 0 Å². The first-order valence-electron chi connectivity index (χ1n) is 5.48. The van der Waals surface area contributed by atoms with Gasteiger partial charge in [-0.3, -0.25) is 4.79 Å². The summed E-state index contributed by atoms with van der Waals surface area (Å²) >= 11 is 0. The number of hydrogen-bond acceptors (Lipinski definition) is 3. The van der Waals surface area contributed by atoms with E-state index in [1.807, 2.05) is 6.07 Å². The van der Waals surface area contributed by atoms with Gasteiger partial charge in [-0.2, -0.15) is 0 Å². The van der Waals surface area contributed by atoms with E-state index in [-0.39, 0.29) is 5.91 Å². The zero-order chi connectivity index (χ0) is 12.5. The Balaban J connectivity index is 2.22. The maximum Gasteiger partial charge on any atom is 0.366 e. The van der Waals surface area contributed by atoms with Crippen molar-refractivity contribution in [3.8, 4) is 0 Å². The van der Waals surface area contributed by atoms with E-state index in [1.54, 1.807) is 48.5 Å². The predicted octanol–water partition coefficient (Wildman–Crippen LogP) is 2.28. The Morgan fingerprint density at radius 2 is 1.61 bits per heavy atom. The average Bonchev–Trinajstić information content (AvgIpc) is 2.77. The van der Waals surface area contributed by atoms with Crippen LogP contribution in [0, 0.1) is 0 Å². The zero-order valence-corrected chi connectivity index (χ0v) is 9.37. The number of carbonyl (C=O) groups excluding carboxylic acids is 1. The Kier molecular flexibility index (Phi) is 2.34. The molecule has 88 valence electrons. The third-order valence-corrected chi connectivity index (χ3v) is 2.72. The smallest absolute Gasteiger partial charge is 0.327 e. The van der Waals surface area contributed by atoms with E-state index in [0.29, 0.717) is 16.5 Å². The van der Waals surface area contributed by atoms with Crippen molar-refractivity contribution in [1.29, 1.82) is 0 Å². The van der Waals surface area contributed by atoms with Crippen LogP contribution in [0.5, 0.6) is 0 Å². The number of rotatable bonds is 1. The fraction of sp³-hybridized carbons (Fsp3) is 0. The van der Waals surface area contributed by atoms with Gasteiger partial charge in [0.2, 0.25) is 0 Å². The van der Waals surface area contributed by atoms with Crippen molar-refractivity contribution in [3.63, 3.8) is 0 Å². The van der Waals surface area contributed by atoms with Crippen LogP contribution in [0.1, 0.15) is 10.4 Å². The lowest BCUT2D eigenvalue weighted by atomic mass is 10.2. The normalized spacial score (nSPS) is 10.7. The molecule has 0 saturated heterocycles. The molecule has 0 bridgehead atoms. The highest BCUT2D eigenvalue weighted by Gasteiger charge is 2.15. The lowest BCUT2D eigenvalue weighted by Gasteiger charge is -2.00. The standard InChI is InChI=1S/C14H9NO3/c16-13(10-6-2-1-3-7-10)15-12-9-5-4-8-11(12)14(17)18-15/h1-9H. The van der Waals surface area contributed by atoms with E-state index in [4.69, 9.17) is 4.52 Å². The van der Waals surface area contributed by atoms with Crippen LogP contribution >= 0.6 is 0 Å². The Morgan fingerprint density at radius 3 is 2.39 bits per heavy atom. The molecule has 0 fully saturated rings. The summed E-state index contributed by atoms with van der Waals surface area (Å²) in [4.78, 5) is 23.8. The zero-order valence-electron chi connectivity index (χ0n) is 9.37. The van der Waals surface area contributed by atoms with Crippen LogP contribution < -0.4 is 5.63 Å². The largest absolute Gasteiger partial charge is 0.366 e. The van der Waals surface area contributed by atoms with Crippen LogP contribution in [-0.2, 0) is 0 Å². The highest BCUT2D eigenvalue weighted by Crippen LogP contribution is 2.12. The van der Waals surface area contributed by atoms with Crippen molar-refractivity contribution in [3.05, 3.63) is 70.6 Å². The van der Waals surface area contributed by atoms with Gasteiger partial charge in [-0.25, -0.2) is 4.79 Å². The first-order valence-corrected chi connectivity index (χ1v) is 5.48. The first-order chi connectivity index (χ1) is 8.77. The first kappa shape index (κ1) is 10.5. The van der Waals surface area contributed by atoms with Gasteiger partial charge in [0, 0.05) is 5.56 Å². The van der Waals surface area contributed by atoms with Gasteiger partial charge in [0.15, 0.2) is 0 Å². The summed E-state index contributed by atoms with van der Waals surface area (Å²) in [5, 5.41) is 0.404. The molecule has 2 aromatic carbocycles. The number of nitrogens with zero attached hydrogens (tertiary/aromatic N) is 1. The third kappa shape index (κ3) is 1.55. The second-order valence-corrected chi connectivity index (χ2v) is 3.86. The molecule has 1 aromatic heterocycles. The van der Waals surface area contributed by atoms with Crippen LogP contribution in [0.2, 0.25) is 0 Å². The number of benzene rings is 2. The highest BCUT2D eigenvalue weighted by atomic mass is 16.5. The molecule has 0 aliphatic carbocycles. The second kappa shape index (κ2) is 4.00. The van der Waals surface area contributed by atoms with Gasteiger partial charge in [0.25, 0.3) is 5.91 Å². The molecule has 0 aliphatic heterocycles. The lowest BCUT2D eigenvalue weighted by Crippen LogP contribution is -2.11. The highest BCUT2D eigenvalue weighted by molar-refractivity contribution is 6.00. The third-order valence-electron chi connectivity index (χ3n) is 2.72. The summed E-state index contributed by atoms with van der Waals surface area (Å²) in [5.74, 6) is -0.353. The van der Waals surface area contributed by atoms with E-state index in [0.717, 1.165) is 4.74 Å². The SMILES string of the molecule is O=C(c1ccccc1)n1oc(=O)c2ccccc21. The molecule has 0 aliphatic rings. The lowest BCUT2D eigenvalue weighted by molar-refractivity contribution is 0.0850. The summed E-state index contributed by atoms with van der Waals surface area (Å²) < 4.78 is 6.03. The van der Waals surface area contributed by atoms with Gasteiger partial charge in [-0.05, 0) is 24.3 Å². The van der Waals surface area contributed by atoms with Gasteiger partial charge in [0.05, 0.1) is 10.9 Å². The molecule has 0 amide bonds. The van der Waals surface area contributed by atoms with Crippen LogP contribution in [0.25, 0.3) is 10.9 Å². The summed E-state index contributed by atoms with van der Waals surface area (Å²) in [6.07, 6.45) is 0. The topological polar surface area (TPSA) is 52.2 Å². The summed E-state index contributed by atoms with van der Waals surface area (Å²) in [5.41, 5.74) is 0.452. The summed E-state index contributed by atoms with van der Waals surface area (Å²) in [6.45, 7) is 0. The molecule has 1 heterocycles. The van der Waals surface area contributed by atoms with Gasteiger partial charge in [0.1, 0.15) is 0 Å². The monoisotopic (exact) mass is 239 g/mol. The molecule has 0 atom stereocenters. The molecule has 4 heteroatoms. The quantitative estimate of drug-likeness (QED) is 0.654. The van der Waals surface area contributed by atoms with Crippen LogP contribution in [-0.4, -0.2) is 10.6 Å². The van der Waals surface area contributed by atoms with E-state index in [1.165, 1.54) is 0 Å². The maximum absolute atomic E-state index is 12.2.